The summed E-state index contributed by atoms with van der Waals surface area (Å²) in [6, 6.07) is 1.54. The van der Waals surface area contributed by atoms with Gasteiger partial charge in [0.05, 0.1) is 28.6 Å². The molecule has 19 heavy (non-hydrogen) atoms. The van der Waals surface area contributed by atoms with Crippen LogP contribution in [0.25, 0.3) is 0 Å². The minimum Gasteiger partial charge on any atom is -0.308 e. The van der Waals surface area contributed by atoms with Gasteiger partial charge < -0.3 is 5.32 Å². The second-order valence-corrected chi connectivity index (χ2v) is 5.43. The first-order chi connectivity index (χ1) is 9.04. The lowest BCUT2D eigenvalue weighted by Gasteiger charge is -2.20. The monoisotopic (exact) mass is 326 g/mol. The van der Waals surface area contributed by atoms with Crippen LogP contribution in [0.3, 0.4) is 0 Å². The Kier molecular flexibility index (Phi) is 4.31. The fourth-order valence-electron chi connectivity index (χ4n) is 2.08. The number of hydrogen-bond donors (Lipinski definition) is 1. The Bertz CT molecular complexity index is 568. The number of nitrogens with one attached hydrogen (secondary N) is 1. The summed E-state index contributed by atoms with van der Waals surface area (Å²) in [5.74, 6) is -0.343. The molecule has 0 amide bonds. The summed E-state index contributed by atoms with van der Waals surface area (Å²) in [5.41, 5.74) is 1.73. The van der Waals surface area contributed by atoms with Gasteiger partial charge in [-0.1, -0.05) is 0 Å². The van der Waals surface area contributed by atoms with Crippen molar-refractivity contribution in [3.63, 3.8) is 0 Å². The van der Waals surface area contributed by atoms with E-state index in [1.54, 1.807) is 12.4 Å². The van der Waals surface area contributed by atoms with Crippen molar-refractivity contribution in [1.29, 1.82) is 0 Å². The second-order valence-electron chi connectivity index (χ2n) is 4.57. The quantitative estimate of drug-likeness (QED) is 0.938. The molecular formula is C13H16BrFN4. The van der Waals surface area contributed by atoms with Gasteiger partial charge in [0.25, 0.3) is 0 Å². The zero-order valence-electron chi connectivity index (χ0n) is 11.1. The minimum atomic E-state index is -0.343. The molecule has 0 aliphatic carbocycles. The van der Waals surface area contributed by atoms with E-state index in [-0.39, 0.29) is 17.9 Å². The van der Waals surface area contributed by atoms with Crippen LogP contribution < -0.4 is 5.32 Å². The van der Waals surface area contributed by atoms with Crippen LogP contribution in [-0.2, 0) is 0 Å². The summed E-state index contributed by atoms with van der Waals surface area (Å²) >= 11 is 3.51. The van der Waals surface area contributed by atoms with Crippen molar-refractivity contribution in [3.05, 3.63) is 46.2 Å². The normalized spacial score (nSPS) is 12.9. The molecule has 1 N–H and O–H groups in total. The van der Waals surface area contributed by atoms with E-state index in [9.17, 15) is 4.39 Å². The molecule has 0 radical (unpaired) electrons. The summed E-state index contributed by atoms with van der Waals surface area (Å²) in [5, 5.41) is 7.53. The zero-order chi connectivity index (χ0) is 14.0. The molecule has 0 saturated carbocycles. The van der Waals surface area contributed by atoms with Gasteiger partial charge in [0.1, 0.15) is 5.82 Å². The predicted octanol–water partition coefficient (Wildman–Crippen LogP) is 3.07. The van der Waals surface area contributed by atoms with Crippen molar-refractivity contribution in [2.75, 3.05) is 7.05 Å². The van der Waals surface area contributed by atoms with Gasteiger partial charge in [0.2, 0.25) is 0 Å². The fraction of sp³-hybridized carbons (Fsp3) is 0.385. The van der Waals surface area contributed by atoms with Gasteiger partial charge >= 0.3 is 0 Å². The summed E-state index contributed by atoms with van der Waals surface area (Å²) < 4.78 is 16.1. The molecule has 1 unspecified atom stereocenters. The van der Waals surface area contributed by atoms with E-state index in [1.165, 1.54) is 12.3 Å². The Balaban J connectivity index is 2.51. The predicted molar refractivity (Wildman–Crippen MR) is 75.4 cm³/mol. The van der Waals surface area contributed by atoms with E-state index in [0.717, 1.165) is 15.7 Å². The fourth-order valence-corrected chi connectivity index (χ4v) is 2.58. The Morgan fingerprint density at radius 3 is 2.63 bits per heavy atom. The van der Waals surface area contributed by atoms with Crippen LogP contribution in [0.2, 0.25) is 0 Å². The maximum atomic E-state index is 13.3. The number of pyridine rings is 1. The van der Waals surface area contributed by atoms with Crippen LogP contribution in [0.15, 0.2) is 29.1 Å². The Hall–Kier alpha value is -1.27. The Morgan fingerprint density at radius 2 is 2.05 bits per heavy atom. The molecule has 2 aromatic rings. The number of hydrogen-bond acceptors (Lipinski definition) is 3. The van der Waals surface area contributed by atoms with Crippen molar-refractivity contribution in [2.45, 2.75) is 25.9 Å². The maximum Gasteiger partial charge on any atom is 0.141 e. The molecule has 1 atom stereocenters. The summed E-state index contributed by atoms with van der Waals surface area (Å²) in [7, 11) is 1.83. The van der Waals surface area contributed by atoms with Gasteiger partial charge in [0, 0.05) is 12.2 Å². The highest BCUT2D eigenvalue weighted by atomic mass is 79.9. The van der Waals surface area contributed by atoms with Crippen molar-refractivity contribution in [2.24, 2.45) is 0 Å². The summed E-state index contributed by atoms with van der Waals surface area (Å²) in [6.45, 7) is 4.11. The number of nitrogens with zero attached hydrogens (tertiary/aromatic N) is 3. The third-order valence-corrected chi connectivity index (χ3v) is 3.51. The van der Waals surface area contributed by atoms with E-state index in [2.05, 4.69) is 45.2 Å². The minimum absolute atomic E-state index is 0.164. The summed E-state index contributed by atoms with van der Waals surface area (Å²) in [4.78, 5) is 3.91. The lowest BCUT2D eigenvalue weighted by molar-refractivity contribution is 0.481. The molecule has 2 rings (SSSR count). The van der Waals surface area contributed by atoms with Gasteiger partial charge in [0.15, 0.2) is 0 Å². The number of aromatic nitrogens is 3. The van der Waals surface area contributed by atoms with Crippen LogP contribution in [0.4, 0.5) is 4.39 Å². The third-order valence-electron chi connectivity index (χ3n) is 2.90. The van der Waals surface area contributed by atoms with Crippen LogP contribution in [0.1, 0.15) is 37.2 Å². The molecule has 0 aliphatic rings. The number of halogens is 2. The SMILES string of the molecule is CNC(c1cncc(F)c1)c1c(Br)cnn1C(C)C. The molecule has 4 nitrogen and oxygen atoms in total. The topological polar surface area (TPSA) is 42.7 Å². The van der Waals surface area contributed by atoms with E-state index in [0.29, 0.717) is 0 Å². The van der Waals surface area contributed by atoms with Gasteiger partial charge in [-0.3, -0.25) is 9.67 Å². The molecule has 0 aromatic carbocycles. The molecule has 2 heterocycles. The van der Waals surface area contributed by atoms with Crippen molar-refractivity contribution < 1.29 is 4.39 Å². The second kappa shape index (κ2) is 5.79. The number of rotatable bonds is 4. The molecule has 6 heteroatoms. The zero-order valence-corrected chi connectivity index (χ0v) is 12.6. The van der Waals surface area contributed by atoms with Gasteiger partial charge in [-0.15, -0.1) is 0 Å². The molecule has 0 saturated heterocycles. The van der Waals surface area contributed by atoms with E-state index in [1.807, 2.05) is 11.7 Å². The van der Waals surface area contributed by atoms with Crippen LogP contribution in [0, 0.1) is 5.82 Å². The molecule has 0 aliphatic heterocycles. The highest BCUT2D eigenvalue weighted by molar-refractivity contribution is 9.10. The van der Waals surface area contributed by atoms with Crippen molar-refractivity contribution in [1.82, 2.24) is 20.1 Å². The van der Waals surface area contributed by atoms with E-state index in [4.69, 9.17) is 0 Å². The smallest absolute Gasteiger partial charge is 0.141 e. The van der Waals surface area contributed by atoms with E-state index < -0.39 is 0 Å². The first-order valence-corrected chi connectivity index (χ1v) is 6.84. The highest BCUT2D eigenvalue weighted by Crippen LogP contribution is 2.30. The van der Waals surface area contributed by atoms with Crippen LogP contribution in [-0.4, -0.2) is 21.8 Å². The Morgan fingerprint density at radius 1 is 1.32 bits per heavy atom. The highest BCUT2D eigenvalue weighted by Gasteiger charge is 2.22. The molecular weight excluding hydrogens is 311 g/mol. The largest absolute Gasteiger partial charge is 0.308 e. The van der Waals surface area contributed by atoms with Gasteiger partial charge in [-0.05, 0) is 48.5 Å². The van der Waals surface area contributed by atoms with Crippen molar-refractivity contribution in [3.8, 4) is 0 Å². The van der Waals surface area contributed by atoms with Gasteiger partial charge in [-0.25, -0.2) is 4.39 Å². The molecule has 2 aromatic heterocycles. The molecule has 0 bridgehead atoms. The van der Waals surface area contributed by atoms with Crippen LogP contribution in [0.5, 0.6) is 0 Å². The average molecular weight is 327 g/mol. The van der Waals surface area contributed by atoms with E-state index >= 15 is 0 Å². The average Bonchev–Trinajstić information content (AvgIpc) is 2.73. The first kappa shape index (κ1) is 14.1. The lowest BCUT2D eigenvalue weighted by Crippen LogP contribution is -2.23. The van der Waals surface area contributed by atoms with Crippen molar-refractivity contribution >= 4 is 15.9 Å². The maximum absolute atomic E-state index is 13.3. The van der Waals surface area contributed by atoms with Gasteiger partial charge in [-0.2, -0.15) is 5.10 Å². The molecule has 0 spiro atoms. The van der Waals surface area contributed by atoms with Crippen LogP contribution >= 0.6 is 15.9 Å². The molecule has 102 valence electrons. The Labute approximate surface area is 120 Å². The standard InChI is InChI=1S/C13H16BrFN4/c1-8(2)19-13(11(14)7-18-19)12(16-3)9-4-10(15)6-17-5-9/h4-8,12,16H,1-3H3. The first-order valence-electron chi connectivity index (χ1n) is 6.05. The third kappa shape index (κ3) is 2.84. The summed E-state index contributed by atoms with van der Waals surface area (Å²) in [6.07, 6.45) is 4.62. The molecule has 0 fully saturated rings. The lowest BCUT2D eigenvalue weighted by atomic mass is 10.1.